The number of rotatable bonds is 19. The Morgan fingerprint density at radius 3 is 1.43 bits per heavy atom. The molecule has 0 aliphatic carbocycles. The fraction of sp³-hybridized carbons (Fsp3) is 0.529. The molecule has 8 heteroatoms. The van der Waals surface area contributed by atoms with Gasteiger partial charge in [-0.2, -0.15) is 0 Å². The maximum atomic E-state index is 10.00. The minimum Gasteiger partial charge on any atom is -0.437 e. The SMILES string of the molecule is CCCCCc1ccc(/C=C/[C@H](O)[C@@H](CO)NB(C)O)cc1.CCCCCc1ccc(/C=C/[C@H](O)[C@@H](CO)NC)cc1. The number of likely N-dealkylation sites (N-methyl/N-ethyl adjacent to an activating group) is 1. The smallest absolute Gasteiger partial charge is 0.374 e. The molecule has 2 aromatic rings. The number of aliphatic hydroxyl groups excluding tert-OH is 4. The fourth-order valence-corrected chi connectivity index (χ4v) is 4.38. The van der Waals surface area contributed by atoms with Crippen molar-refractivity contribution in [2.75, 3.05) is 20.3 Å². The predicted molar refractivity (Wildman–Crippen MR) is 177 cm³/mol. The van der Waals surface area contributed by atoms with Gasteiger partial charge < -0.3 is 36.0 Å². The van der Waals surface area contributed by atoms with E-state index in [2.05, 4.69) is 60.8 Å². The molecule has 0 amide bonds. The fourth-order valence-electron chi connectivity index (χ4n) is 4.38. The second-order valence-corrected chi connectivity index (χ2v) is 10.8. The first kappa shape index (κ1) is 37.7. The maximum absolute atomic E-state index is 10.00. The van der Waals surface area contributed by atoms with Crippen molar-refractivity contribution in [3.8, 4) is 0 Å². The number of benzene rings is 2. The summed E-state index contributed by atoms with van der Waals surface area (Å²) in [5, 5.41) is 53.0. The zero-order valence-corrected chi connectivity index (χ0v) is 26.1. The van der Waals surface area contributed by atoms with Crippen LogP contribution in [-0.2, 0) is 12.8 Å². The third-order valence-corrected chi connectivity index (χ3v) is 7.11. The highest BCUT2D eigenvalue weighted by molar-refractivity contribution is 6.45. The van der Waals surface area contributed by atoms with Gasteiger partial charge in [0.05, 0.1) is 37.5 Å². The molecule has 4 atom stereocenters. The Labute approximate surface area is 254 Å². The Kier molecular flexibility index (Phi) is 20.8. The summed E-state index contributed by atoms with van der Waals surface area (Å²) in [6.07, 6.45) is 15.2. The molecule has 0 unspecified atom stereocenters. The predicted octanol–water partition coefficient (Wildman–Crippen LogP) is 4.23. The minimum absolute atomic E-state index is 0.0849. The van der Waals surface area contributed by atoms with E-state index in [1.165, 1.54) is 49.7 Å². The number of aryl methyl sites for hydroxylation is 2. The van der Waals surface area contributed by atoms with Crippen molar-refractivity contribution in [3.05, 3.63) is 82.9 Å². The largest absolute Gasteiger partial charge is 0.437 e. The summed E-state index contributed by atoms with van der Waals surface area (Å²) in [5.74, 6) is 0. The van der Waals surface area contributed by atoms with Crippen LogP contribution in [0.1, 0.15) is 74.6 Å². The first-order chi connectivity index (χ1) is 20.3. The molecule has 0 aliphatic rings. The molecule has 42 heavy (non-hydrogen) atoms. The summed E-state index contributed by atoms with van der Waals surface area (Å²) < 4.78 is 0. The van der Waals surface area contributed by atoms with E-state index in [1.54, 1.807) is 26.0 Å². The Balaban J connectivity index is 0.000000422. The number of unbranched alkanes of at least 4 members (excludes halogenated alkanes) is 4. The maximum Gasteiger partial charge on any atom is 0.374 e. The van der Waals surface area contributed by atoms with Crippen LogP contribution in [0.15, 0.2) is 60.7 Å². The van der Waals surface area contributed by atoms with Gasteiger partial charge in [0.1, 0.15) is 0 Å². The number of hydrogen-bond acceptors (Lipinski definition) is 7. The van der Waals surface area contributed by atoms with Crippen molar-refractivity contribution in [2.24, 2.45) is 0 Å². The van der Waals surface area contributed by atoms with Gasteiger partial charge in [-0.05, 0) is 61.8 Å². The van der Waals surface area contributed by atoms with Gasteiger partial charge in [0.2, 0.25) is 0 Å². The highest BCUT2D eigenvalue weighted by Crippen LogP contribution is 2.12. The topological polar surface area (TPSA) is 125 Å². The van der Waals surface area contributed by atoms with E-state index in [9.17, 15) is 20.3 Å². The molecule has 0 saturated carbocycles. The monoisotopic (exact) mass is 582 g/mol. The molecule has 0 radical (unpaired) electrons. The molecule has 0 fully saturated rings. The lowest BCUT2D eigenvalue weighted by Crippen LogP contribution is -2.48. The number of nitrogens with one attached hydrogen (secondary N) is 2. The Morgan fingerprint density at radius 2 is 1.10 bits per heavy atom. The summed E-state index contributed by atoms with van der Waals surface area (Å²) in [7, 11) is 0.950. The standard InChI is InChI=1S/C17H28BNO3.C17H27NO2/c1-3-4-5-6-14-7-9-15(10-8-14)11-12-17(21)16(13-20)19-18(2)22;1-3-4-5-6-14-7-9-15(10-8-14)11-12-17(20)16(13-19)18-2/h7-12,16-17,19-22H,3-6,13H2,1-2H3;7-12,16-20H,3-6,13H2,1-2H3/b2*12-11+/t2*16-,17+/m11/s1. The van der Waals surface area contributed by atoms with E-state index in [-0.39, 0.29) is 19.3 Å². The average Bonchev–Trinajstić information content (AvgIpc) is 3.00. The lowest BCUT2D eigenvalue weighted by molar-refractivity contribution is 0.128. The molecule has 0 aromatic heterocycles. The Morgan fingerprint density at radius 1 is 0.690 bits per heavy atom. The molecule has 0 spiro atoms. The van der Waals surface area contributed by atoms with E-state index in [0.29, 0.717) is 0 Å². The molecule has 2 rings (SSSR count). The van der Waals surface area contributed by atoms with Gasteiger partial charge in [-0.1, -0.05) is 112 Å². The van der Waals surface area contributed by atoms with Gasteiger partial charge in [0.25, 0.3) is 0 Å². The van der Waals surface area contributed by atoms with Crippen LogP contribution in [0.25, 0.3) is 12.2 Å². The van der Waals surface area contributed by atoms with Crippen LogP contribution in [0, 0.1) is 0 Å². The van der Waals surface area contributed by atoms with E-state index in [1.807, 2.05) is 24.3 Å². The highest BCUT2D eigenvalue weighted by Gasteiger charge is 2.18. The minimum atomic E-state index is -0.858. The lowest BCUT2D eigenvalue weighted by Gasteiger charge is -2.20. The summed E-state index contributed by atoms with van der Waals surface area (Å²) in [4.78, 5) is 0. The van der Waals surface area contributed by atoms with Crippen LogP contribution in [0.2, 0.25) is 6.82 Å². The first-order valence-corrected chi connectivity index (χ1v) is 15.5. The van der Waals surface area contributed by atoms with Crippen molar-refractivity contribution in [1.29, 1.82) is 0 Å². The van der Waals surface area contributed by atoms with E-state index in [0.717, 1.165) is 24.0 Å². The van der Waals surface area contributed by atoms with Crippen LogP contribution < -0.4 is 10.5 Å². The number of aliphatic hydroxyl groups is 4. The molecule has 7 N–H and O–H groups in total. The van der Waals surface area contributed by atoms with Gasteiger partial charge in [-0.3, -0.25) is 0 Å². The third-order valence-electron chi connectivity index (χ3n) is 7.11. The molecule has 7 nitrogen and oxygen atoms in total. The van der Waals surface area contributed by atoms with Crippen molar-refractivity contribution in [3.63, 3.8) is 0 Å². The number of hydrogen-bond donors (Lipinski definition) is 7. The molecule has 2 aromatic carbocycles. The van der Waals surface area contributed by atoms with Crippen LogP contribution in [0.3, 0.4) is 0 Å². The van der Waals surface area contributed by atoms with Crippen LogP contribution in [0.5, 0.6) is 0 Å². The van der Waals surface area contributed by atoms with Crippen molar-refractivity contribution < 1.29 is 25.5 Å². The lowest BCUT2D eigenvalue weighted by atomic mass is 9.86. The van der Waals surface area contributed by atoms with Gasteiger partial charge >= 0.3 is 7.05 Å². The van der Waals surface area contributed by atoms with E-state index in [4.69, 9.17) is 5.11 Å². The van der Waals surface area contributed by atoms with Crippen LogP contribution in [0.4, 0.5) is 0 Å². The van der Waals surface area contributed by atoms with Gasteiger partial charge in [-0.25, -0.2) is 0 Å². The molecular weight excluding hydrogens is 527 g/mol. The molecule has 0 aliphatic heterocycles. The van der Waals surface area contributed by atoms with Gasteiger partial charge in [0, 0.05) is 0 Å². The van der Waals surface area contributed by atoms with E-state index >= 15 is 0 Å². The second kappa shape index (κ2) is 23.2. The molecule has 234 valence electrons. The molecular formula is C34H55BN2O5. The summed E-state index contributed by atoms with van der Waals surface area (Å²) in [6.45, 7) is 5.64. The molecule has 0 bridgehead atoms. The summed E-state index contributed by atoms with van der Waals surface area (Å²) in [6, 6.07) is 15.8. The van der Waals surface area contributed by atoms with Gasteiger partial charge in [0.15, 0.2) is 0 Å². The van der Waals surface area contributed by atoms with Crippen molar-refractivity contribution in [1.82, 2.24) is 10.5 Å². The molecule has 0 heterocycles. The van der Waals surface area contributed by atoms with Crippen molar-refractivity contribution >= 4 is 19.2 Å². The van der Waals surface area contributed by atoms with Crippen LogP contribution in [-0.4, -0.2) is 77.1 Å². The zero-order valence-electron chi connectivity index (χ0n) is 26.1. The first-order valence-electron chi connectivity index (χ1n) is 15.5. The third kappa shape index (κ3) is 16.4. The zero-order chi connectivity index (χ0) is 31.2. The highest BCUT2D eigenvalue weighted by atomic mass is 16.3. The Bertz CT molecular complexity index is 978. The van der Waals surface area contributed by atoms with Crippen LogP contribution >= 0.6 is 0 Å². The molecule has 0 saturated heterocycles. The van der Waals surface area contributed by atoms with E-state index < -0.39 is 25.3 Å². The van der Waals surface area contributed by atoms with Gasteiger partial charge in [-0.15, -0.1) is 0 Å². The second-order valence-electron chi connectivity index (χ2n) is 10.8. The average molecular weight is 583 g/mol. The Hall–Kier alpha value is -2.30. The summed E-state index contributed by atoms with van der Waals surface area (Å²) >= 11 is 0. The summed E-state index contributed by atoms with van der Waals surface area (Å²) in [5.41, 5.74) is 4.76. The normalized spacial score (nSPS) is 14.4. The quantitative estimate of drug-likeness (QED) is 0.0977. The van der Waals surface area contributed by atoms with Crippen molar-refractivity contribution in [2.45, 2.75) is 96.3 Å².